The Kier molecular flexibility index (Phi) is 3.01. The molecule has 17 heavy (non-hydrogen) atoms. The topological polar surface area (TPSA) is 55.6 Å². The van der Waals surface area contributed by atoms with Crippen LogP contribution in [0.3, 0.4) is 0 Å². The molecule has 92 valence electrons. The van der Waals surface area contributed by atoms with Crippen molar-refractivity contribution < 1.29 is 13.2 Å². The van der Waals surface area contributed by atoms with E-state index < -0.39 is 11.2 Å². The van der Waals surface area contributed by atoms with Gasteiger partial charge in [-0.2, -0.15) is 18.3 Å². The maximum atomic E-state index is 12.2. The Labute approximate surface area is 98.3 Å². The summed E-state index contributed by atoms with van der Waals surface area (Å²) in [5.41, 5.74) is 0.858. The number of aryl methyl sites for hydroxylation is 1. The van der Waals surface area contributed by atoms with Gasteiger partial charge >= 0.3 is 6.18 Å². The summed E-state index contributed by atoms with van der Waals surface area (Å²) >= 11 is 0.480. The van der Waals surface area contributed by atoms with Gasteiger partial charge in [-0.1, -0.05) is 11.3 Å². The van der Waals surface area contributed by atoms with Gasteiger partial charge in [0.2, 0.25) is 10.1 Å². The van der Waals surface area contributed by atoms with Crippen LogP contribution in [0.2, 0.25) is 0 Å². The van der Waals surface area contributed by atoms with E-state index in [4.69, 9.17) is 0 Å². The highest BCUT2D eigenvalue weighted by molar-refractivity contribution is 7.15. The van der Waals surface area contributed by atoms with Gasteiger partial charge in [-0.3, -0.25) is 4.68 Å². The fourth-order valence-corrected chi connectivity index (χ4v) is 1.76. The van der Waals surface area contributed by atoms with Gasteiger partial charge in [0, 0.05) is 25.4 Å². The predicted molar refractivity (Wildman–Crippen MR) is 55.4 cm³/mol. The SMILES string of the molecule is Cn1cc(CNc2nnc(C(F)(F)F)s2)cn1. The maximum Gasteiger partial charge on any atom is 0.445 e. The largest absolute Gasteiger partial charge is 0.445 e. The van der Waals surface area contributed by atoms with Crippen LogP contribution in [-0.4, -0.2) is 20.0 Å². The Balaban J connectivity index is 1.98. The van der Waals surface area contributed by atoms with Gasteiger partial charge in [-0.05, 0) is 0 Å². The molecule has 0 aromatic carbocycles. The number of aromatic nitrogens is 4. The van der Waals surface area contributed by atoms with E-state index in [0.717, 1.165) is 5.56 Å². The van der Waals surface area contributed by atoms with Crippen molar-refractivity contribution in [3.63, 3.8) is 0 Å². The molecule has 0 bridgehead atoms. The van der Waals surface area contributed by atoms with E-state index in [9.17, 15) is 13.2 Å². The Morgan fingerprint density at radius 2 is 2.18 bits per heavy atom. The zero-order chi connectivity index (χ0) is 12.5. The van der Waals surface area contributed by atoms with E-state index in [0.29, 0.717) is 17.9 Å². The second-order valence-corrected chi connectivity index (χ2v) is 4.26. The van der Waals surface area contributed by atoms with Crippen LogP contribution in [-0.2, 0) is 19.8 Å². The van der Waals surface area contributed by atoms with E-state index in [1.807, 2.05) is 0 Å². The van der Waals surface area contributed by atoms with Crippen molar-refractivity contribution in [2.45, 2.75) is 12.7 Å². The third kappa shape index (κ3) is 2.93. The number of nitrogens with one attached hydrogen (secondary N) is 1. The first-order chi connectivity index (χ1) is 7.95. The number of nitrogens with zero attached hydrogens (tertiary/aromatic N) is 4. The number of hydrogen-bond donors (Lipinski definition) is 1. The molecule has 0 fully saturated rings. The van der Waals surface area contributed by atoms with Crippen LogP contribution in [0, 0.1) is 0 Å². The van der Waals surface area contributed by atoms with Gasteiger partial charge in [0.15, 0.2) is 0 Å². The van der Waals surface area contributed by atoms with Gasteiger partial charge in [0.1, 0.15) is 0 Å². The standard InChI is InChI=1S/C8H8F3N5S/c1-16-4-5(3-13-16)2-12-7-15-14-6(17-7)8(9,10)11/h3-4H,2H2,1H3,(H,12,15). The summed E-state index contributed by atoms with van der Waals surface area (Å²) in [6.07, 6.45) is -1.05. The molecule has 1 N–H and O–H groups in total. The lowest BCUT2D eigenvalue weighted by atomic mass is 10.4. The van der Waals surface area contributed by atoms with Gasteiger partial charge in [0.25, 0.3) is 0 Å². The van der Waals surface area contributed by atoms with Crippen LogP contribution in [0.1, 0.15) is 10.6 Å². The smallest absolute Gasteiger partial charge is 0.356 e. The molecule has 2 aromatic heterocycles. The number of rotatable bonds is 3. The van der Waals surface area contributed by atoms with Crippen LogP contribution in [0.25, 0.3) is 0 Å². The third-order valence-electron chi connectivity index (χ3n) is 1.87. The predicted octanol–water partition coefficient (Wildman–Crippen LogP) is 1.90. The highest BCUT2D eigenvalue weighted by atomic mass is 32.1. The maximum absolute atomic E-state index is 12.2. The van der Waals surface area contributed by atoms with Crippen molar-refractivity contribution in [3.05, 3.63) is 23.0 Å². The minimum atomic E-state index is -4.44. The normalized spacial score (nSPS) is 11.8. The lowest BCUT2D eigenvalue weighted by Crippen LogP contribution is -2.03. The lowest BCUT2D eigenvalue weighted by Gasteiger charge is -1.99. The van der Waals surface area contributed by atoms with Gasteiger partial charge in [0.05, 0.1) is 6.20 Å². The zero-order valence-electron chi connectivity index (χ0n) is 8.69. The first-order valence-corrected chi connectivity index (χ1v) is 5.39. The van der Waals surface area contributed by atoms with Gasteiger partial charge in [-0.25, -0.2) is 0 Å². The summed E-state index contributed by atoms with van der Waals surface area (Å²) in [6, 6.07) is 0. The van der Waals surface area contributed by atoms with Crippen molar-refractivity contribution in [1.29, 1.82) is 0 Å². The molecule has 0 aliphatic carbocycles. The Bertz CT molecular complexity index is 503. The number of anilines is 1. The first-order valence-electron chi connectivity index (χ1n) is 4.57. The molecule has 0 spiro atoms. The summed E-state index contributed by atoms with van der Waals surface area (Å²) in [5.74, 6) is 0. The molecule has 0 aliphatic rings. The van der Waals surface area contributed by atoms with Crippen molar-refractivity contribution in [2.75, 3.05) is 5.32 Å². The molecule has 2 heterocycles. The summed E-state index contributed by atoms with van der Waals surface area (Å²) in [5, 5.41) is 12.4. The first kappa shape index (κ1) is 11.8. The van der Waals surface area contributed by atoms with Crippen molar-refractivity contribution in [1.82, 2.24) is 20.0 Å². The Hall–Kier alpha value is -1.64. The Morgan fingerprint density at radius 1 is 1.41 bits per heavy atom. The fourth-order valence-electron chi connectivity index (χ4n) is 1.15. The fraction of sp³-hybridized carbons (Fsp3) is 0.375. The van der Waals surface area contributed by atoms with Crippen molar-refractivity contribution in [3.8, 4) is 0 Å². The number of hydrogen-bond acceptors (Lipinski definition) is 5. The molecule has 5 nitrogen and oxygen atoms in total. The summed E-state index contributed by atoms with van der Waals surface area (Å²) in [7, 11) is 1.76. The average Bonchev–Trinajstić information content (AvgIpc) is 2.82. The number of halogens is 3. The molecule has 0 unspecified atom stereocenters. The molecule has 2 aromatic rings. The monoisotopic (exact) mass is 263 g/mol. The summed E-state index contributed by atoms with van der Waals surface area (Å²) in [4.78, 5) is 0. The van der Waals surface area contributed by atoms with Gasteiger partial charge in [-0.15, -0.1) is 10.2 Å². The molecular weight excluding hydrogens is 255 g/mol. The molecule has 0 amide bonds. The molecule has 0 atom stereocenters. The second-order valence-electron chi connectivity index (χ2n) is 3.29. The molecule has 2 rings (SSSR count). The highest BCUT2D eigenvalue weighted by Crippen LogP contribution is 2.33. The Morgan fingerprint density at radius 3 is 2.71 bits per heavy atom. The average molecular weight is 263 g/mol. The van der Waals surface area contributed by atoms with E-state index in [2.05, 4.69) is 20.6 Å². The van der Waals surface area contributed by atoms with Crippen LogP contribution in [0.5, 0.6) is 0 Å². The van der Waals surface area contributed by atoms with E-state index >= 15 is 0 Å². The van der Waals surface area contributed by atoms with Gasteiger partial charge < -0.3 is 5.32 Å². The molecule has 0 aliphatic heterocycles. The van der Waals surface area contributed by atoms with E-state index in [1.54, 1.807) is 24.1 Å². The highest BCUT2D eigenvalue weighted by Gasteiger charge is 2.35. The van der Waals surface area contributed by atoms with Crippen LogP contribution in [0.4, 0.5) is 18.3 Å². The van der Waals surface area contributed by atoms with Crippen molar-refractivity contribution in [2.24, 2.45) is 7.05 Å². The van der Waals surface area contributed by atoms with Crippen LogP contribution < -0.4 is 5.32 Å². The minimum absolute atomic E-state index is 0.140. The second kappa shape index (κ2) is 4.32. The van der Waals surface area contributed by atoms with Crippen LogP contribution in [0.15, 0.2) is 12.4 Å². The quantitative estimate of drug-likeness (QED) is 0.919. The molecule has 0 saturated carbocycles. The van der Waals surface area contributed by atoms with E-state index in [1.165, 1.54) is 0 Å². The third-order valence-corrected chi connectivity index (χ3v) is 2.80. The summed E-state index contributed by atoms with van der Waals surface area (Å²) < 4.78 is 38.3. The minimum Gasteiger partial charge on any atom is -0.356 e. The molecule has 9 heteroatoms. The molecule has 0 radical (unpaired) electrons. The van der Waals surface area contributed by atoms with Crippen LogP contribution >= 0.6 is 11.3 Å². The number of alkyl halides is 3. The zero-order valence-corrected chi connectivity index (χ0v) is 9.51. The van der Waals surface area contributed by atoms with E-state index in [-0.39, 0.29) is 5.13 Å². The lowest BCUT2D eigenvalue weighted by molar-refractivity contribution is -0.138. The molecular formula is C8H8F3N5S. The van der Waals surface area contributed by atoms with Crippen molar-refractivity contribution >= 4 is 16.5 Å². The molecule has 0 saturated heterocycles. The summed E-state index contributed by atoms with van der Waals surface area (Å²) in [6.45, 7) is 0.361.